The summed E-state index contributed by atoms with van der Waals surface area (Å²) in [5, 5.41) is 2.85. The fourth-order valence-electron chi connectivity index (χ4n) is 3.56. The van der Waals surface area contributed by atoms with Crippen molar-refractivity contribution in [2.24, 2.45) is 0 Å². The SMILES string of the molecule is CO[C@@H]1CCOC[C@H]1NC(=O)c1c(C)cc(CCCc2ccccc2)oc1=O. The predicted octanol–water partition coefficient (Wildman–Crippen LogP) is 2.66. The van der Waals surface area contributed by atoms with Gasteiger partial charge in [0.25, 0.3) is 5.91 Å². The Labute approximate surface area is 164 Å². The van der Waals surface area contributed by atoms with Gasteiger partial charge in [-0.3, -0.25) is 4.79 Å². The Bertz CT molecular complexity index is 846. The topological polar surface area (TPSA) is 77.8 Å². The van der Waals surface area contributed by atoms with E-state index in [1.165, 1.54) is 5.56 Å². The Morgan fingerprint density at radius 2 is 2.04 bits per heavy atom. The molecule has 2 heterocycles. The van der Waals surface area contributed by atoms with Crippen molar-refractivity contribution in [3.8, 4) is 0 Å². The van der Waals surface area contributed by atoms with E-state index in [9.17, 15) is 9.59 Å². The first kappa shape index (κ1) is 20.3. The van der Waals surface area contributed by atoms with Crippen molar-refractivity contribution in [2.45, 2.75) is 44.8 Å². The number of benzene rings is 1. The zero-order valence-corrected chi connectivity index (χ0v) is 16.4. The van der Waals surface area contributed by atoms with E-state index in [2.05, 4.69) is 17.4 Å². The third kappa shape index (κ3) is 5.09. The standard InChI is InChI=1S/C22H27NO5/c1-15-13-17(10-6-9-16-7-4-3-5-8-16)28-22(25)20(15)21(24)23-18-14-27-12-11-19(18)26-2/h3-5,7-8,13,18-19H,6,9-12,14H2,1-2H3,(H,23,24)/t18-,19-/m1/s1. The normalized spacial score (nSPS) is 19.4. The molecule has 0 aliphatic carbocycles. The number of nitrogens with one attached hydrogen (secondary N) is 1. The summed E-state index contributed by atoms with van der Waals surface area (Å²) in [6.45, 7) is 2.73. The second-order valence-electron chi connectivity index (χ2n) is 7.12. The molecule has 0 unspecified atom stereocenters. The fraction of sp³-hybridized carbons (Fsp3) is 0.455. The molecule has 1 amide bonds. The number of ether oxygens (including phenoxy) is 2. The van der Waals surface area contributed by atoms with Gasteiger partial charge in [-0.15, -0.1) is 0 Å². The van der Waals surface area contributed by atoms with Crippen molar-refractivity contribution < 1.29 is 18.7 Å². The summed E-state index contributed by atoms with van der Waals surface area (Å²) < 4.78 is 16.2. The highest BCUT2D eigenvalue weighted by molar-refractivity contribution is 5.95. The van der Waals surface area contributed by atoms with Crippen LogP contribution in [0.2, 0.25) is 0 Å². The van der Waals surface area contributed by atoms with Crippen LogP contribution in [0.1, 0.15) is 40.1 Å². The lowest BCUT2D eigenvalue weighted by molar-refractivity contribution is -0.0349. The van der Waals surface area contributed by atoms with E-state index in [0.29, 0.717) is 37.4 Å². The quantitative estimate of drug-likeness (QED) is 0.793. The average Bonchev–Trinajstić information content (AvgIpc) is 2.69. The van der Waals surface area contributed by atoms with Gasteiger partial charge in [0.2, 0.25) is 0 Å². The molecule has 1 aliphatic heterocycles. The van der Waals surface area contributed by atoms with E-state index < -0.39 is 11.5 Å². The van der Waals surface area contributed by atoms with Crippen LogP contribution in [0.4, 0.5) is 0 Å². The maximum atomic E-state index is 12.6. The molecule has 0 bridgehead atoms. The first-order chi connectivity index (χ1) is 13.6. The van der Waals surface area contributed by atoms with Gasteiger partial charge in [-0.05, 0) is 43.4 Å². The van der Waals surface area contributed by atoms with Crippen LogP contribution in [0.15, 0.2) is 45.6 Å². The molecular weight excluding hydrogens is 358 g/mol. The molecule has 0 spiro atoms. The molecule has 0 radical (unpaired) electrons. The van der Waals surface area contributed by atoms with Gasteiger partial charge < -0.3 is 19.2 Å². The minimum Gasteiger partial charge on any atom is -0.427 e. The number of hydrogen-bond acceptors (Lipinski definition) is 5. The molecule has 0 saturated carbocycles. The van der Waals surface area contributed by atoms with E-state index >= 15 is 0 Å². The maximum Gasteiger partial charge on any atom is 0.349 e. The van der Waals surface area contributed by atoms with Crippen LogP contribution in [-0.4, -0.2) is 38.4 Å². The highest BCUT2D eigenvalue weighted by Crippen LogP contribution is 2.14. The molecule has 28 heavy (non-hydrogen) atoms. The van der Waals surface area contributed by atoms with Crippen molar-refractivity contribution in [3.05, 3.63) is 69.3 Å². The third-order valence-corrected chi connectivity index (χ3v) is 5.07. The summed E-state index contributed by atoms with van der Waals surface area (Å²) in [5.41, 5.74) is 1.32. The lowest BCUT2D eigenvalue weighted by Gasteiger charge is -2.31. The zero-order valence-electron chi connectivity index (χ0n) is 16.4. The van der Waals surface area contributed by atoms with Gasteiger partial charge in [-0.1, -0.05) is 30.3 Å². The van der Waals surface area contributed by atoms with Gasteiger partial charge in [0.05, 0.1) is 18.8 Å². The van der Waals surface area contributed by atoms with Gasteiger partial charge in [-0.25, -0.2) is 4.79 Å². The predicted molar refractivity (Wildman–Crippen MR) is 106 cm³/mol. The van der Waals surface area contributed by atoms with E-state index in [-0.39, 0.29) is 17.7 Å². The number of aryl methyl sites for hydroxylation is 3. The second kappa shape index (κ2) is 9.66. The van der Waals surface area contributed by atoms with Crippen LogP contribution in [0.3, 0.4) is 0 Å². The summed E-state index contributed by atoms with van der Waals surface area (Å²) in [6.07, 6.45) is 3.01. The number of rotatable bonds is 7. The molecule has 1 N–H and O–H groups in total. The van der Waals surface area contributed by atoms with Gasteiger partial charge in [0.1, 0.15) is 11.3 Å². The Morgan fingerprint density at radius 1 is 1.25 bits per heavy atom. The molecule has 6 nitrogen and oxygen atoms in total. The van der Waals surface area contributed by atoms with Gasteiger partial charge in [-0.2, -0.15) is 0 Å². The molecule has 1 aromatic carbocycles. The van der Waals surface area contributed by atoms with Crippen molar-refractivity contribution >= 4 is 5.91 Å². The van der Waals surface area contributed by atoms with Crippen molar-refractivity contribution in [1.29, 1.82) is 0 Å². The first-order valence-corrected chi connectivity index (χ1v) is 9.67. The zero-order chi connectivity index (χ0) is 19.9. The lowest BCUT2D eigenvalue weighted by Crippen LogP contribution is -2.51. The molecule has 1 aromatic heterocycles. The molecular formula is C22H27NO5. The number of carbonyl (C=O) groups is 1. The molecule has 1 aliphatic rings. The Balaban J connectivity index is 1.64. The summed E-state index contributed by atoms with van der Waals surface area (Å²) in [6, 6.07) is 11.7. The molecule has 3 rings (SSSR count). The maximum absolute atomic E-state index is 12.6. The number of amides is 1. The van der Waals surface area contributed by atoms with Crippen LogP contribution in [0, 0.1) is 6.92 Å². The van der Waals surface area contributed by atoms with Crippen LogP contribution in [-0.2, 0) is 22.3 Å². The number of hydrogen-bond donors (Lipinski definition) is 1. The molecule has 1 saturated heterocycles. The van der Waals surface area contributed by atoms with E-state index in [0.717, 1.165) is 12.8 Å². The third-order valence-electron chi connectivity index (χ3n) is 5.07. The largest absolute Gasteiger partial charge is 0.427 e. The minimum absolute atomic E-state index is 0.0484. The Kier molecular flexibility index (Phi) is 7.01. The molecule has 2 atom stereocenters. The van der Waals surface area contributed by atoms with Crippen molar-refractivity contribution in [3.63, 3.8) is 0 Å². The summed E-state index contributed by atoms with van der Waals surface area (Å²) in [7, 11) is 1.61. The number of carbonyl (C=O) groups excluding carboxylic acids is 1. The van der Waals surface area contributed by atoms with E-state index in [4.69, 9.17) is 13.9 Å². The highest BCUT2D eigenvalue weighted by Gasteiger charge is 2.29. The van der Waals surface area contributed by atoms with E-state index in [1.807, 2.05) is 18.2 Å². The first-order valence-electron chi connectivity index (χ1n) is 9.67. The van der Waals surface area contributed by atoms with Gasteiger partial charge >= 0.3 is 5.63 Å². The van der Waals surface area contributed by atoms with Crippen LogP contribution < -0.4 is 10.9 Å². The monoisotopic (exact) mass is 385 g/mol. The van der Waals surface area contributed by atoms with Crippen LogP contribution in [0.25, 0.3) is 0 Å². The number of methoxy groups -OCH3 is 1. The summed E-state index contributed by atoms with van der Waals surface area (Å²) in [5.74, 6) is 0.158. The van der Waals surface area contributed by atoms with Gasteiger partial charge in [0.15, 0.2) is 0 Å². The smallest absolute Gasteiger partial charge is 0.349 e. The molecule has 150 valence electrons. The average molecular weight is 385 g/mol. The lowest BCUT2D eigenvalue weighted by atomic mass is 10.0. The van der Waals surface area contributed by atoms with Crippen molar-refractivity contribution in [2.75, 3.05) is 20.3 Å². The molecule has 6 heteroatoms. The Hall–Kier alpha value is -2.44. The van der Waals surface area contributed by atoms with E-state index in [1.54, 1.807) is 20.1 Å². The minimum atomic E-state index is -0.599. The summed E-state index contributed by atoms with van der Waals surface area (Å²) >= 11 is 0. The fourth-order valence-corrected chi connectivity index (χ4v) is 3.56. The van der Waals surface area contributed by atoms with Crippen molar-refractivity contribution in [1.82, 2.24) is 5.32 Å². The van der Waals surface area contributed by atoms with Crippen LogP contribution in [0.5, 0.6) is 0 Å². The molecule has 2 aromatic rings. The Morgan fingerprint density at radius 3 is 2.75 bits per heavy atom. The van der Waals surface area contributed by atoms with Crippen LogP contribution >= 0.6 is 0 Å². The summed E-state index contributed by atoms with van der Waals surface area (Å²) in [4.78, 5) is 25.1. The second-order valence-corrected chi connectivity index (χ2v) is 7.12. The molecule has 1 fully saturated rings. The highest BCUT2D eigenvalue weighted by atomic mass is 16.5. The van der Waals surface area contributed by atoms with Gasteiger partial charge in [0, 0.05) is 20.1 Å².